The van der Waals surface area contributed by atoms with Crippen molar-refractivity contribution in [1.29, 1.82) is 0 Å². The highest BCUT2D eigenvalue weighted by atomic mass is 79.9. The van der Waals surface area contributed by atoms with E-state index in [1.807, 2.05) is 12.1 Å². The minimum absolute atomic E-state index is 0.699. The fraction of sp³-hybridized carbons (Fsp3) is 0.125. The van der Waals surface area contributed by atoms with E-state index in [9.17, 15) is 0 Å². The third-order valence-electron chi connectivity index (χ3n) is 3.28. The van der Waals surface area contributed by atoms with Crippen LogP contribution in [0.4, 0.5) is 5.69 Å². The number of aryl methyl sites for hydroxylation is 1. The zero-order chi connectivity index (χ0) is 13.2. The Hall–Kier alpha value is -1.74. The Morgan fingerprint density at radius 1 is 1.05 bits per heavy atom. The quantitative estimate of drug-likeness (QED) is 0.726. The van der Waals surface area contributed by atoms with Crippen LogP contribution in [0.2, 0.25) is 0 Å². The van der Waals surface area contributed by atoms with Crippen molar-refractivity contribution in [2.45, 2.75) is 13.5 Å². The van der Waals surface area contributed by atoms with Crippen molar-refractivity contribution in [2.24, 2.45) is 0 Å². The van der Waals surface area contributed by atoms with Gasteiger partial charge in [-0.25, -0.2) is 0 Å². The molecule has 0 aliphatic rings. The monoisotopic (exact) mass is 315 g/mol. The smallest absolute Gasteiger partial charge is 0.125 e. The first-order chi connectivity index (χ1) is 9.25. The van der Waals surface area contributed by atoms with Gasteiger partial charge in [0.15, 0.2) is 0 Å². The fourth-order valence-electron chi connectivity index (χ4n) is 2.18. The van der Waals surface area contributed by atoms with E-state index in [1.54, 1.807) is 6.26 Å². The summed E-state index contributed by atoms with van der Waals surface area (Å²) in [5, 5.41) is 5.86. The summed E-state index contributed by atoms with van der Waals surface area (Å²) in [4.78, 5) is 0. The van der Waals surface area contributed by atoms with E-state index in [0.717, 1.165) is 15.9 Å². The van der Waals surface area contributed by atoms with Crippen molar-refractivity contribution in [2.75, 3.05) is 5.32 Å². The summed E-state index contributed by atoms with van der Waals surface area (Å²) < 4.78 is 6.56. The van der Waals surface area contributed by atoms with Crippen molar-refractivity contribution >= 4 is 32.4 Å². The molecule has 1 N–H and O–H groups in total. The Kier molecular flexibility index (Phi) is 3.30. The average Bonchev–Trinajstić information content (AvgIpc) is 2.84. The second kappa shape index (κ2) is 5.10. The molecular formula is C16H14BrNO. The number of nitrogens with one attached hydrogen (secondary N) is 1. The van der Waals surface area contributed by atoms with Crippen molar-refractivity contribution in [3.05, 3.63) is 64.5 Å². The molecule has 0 saturated carbocycles. The summed E-state index contributed by atoms with van der Waals surface area (Å²) in [5.41, 5.74) is 2.29. The van der Waals surface area contributed by atoms with Crippen molar-refractivity contribution in [3.8, 4) is 0 Å². The van der Waals surface area contributed by atoms with Gasteiger partial charge in [0, 0.05) is 15.5 Å². The molecule has 0 unspecified atom stereocenters. The summed E-state index contributed by atoms with van der Waals surface area (Å²) in [6.45, 7) is 2.75. The predicted molar refractivity (Wildman–Crippen MR) is 82.4 cm³/mol. The normalized spacial score (nSPS) is 10.8. The molecule has 0 aliphatic carbocycles. The number of benzene rings is 2. The third kappa shape index (κ3) is 2.38. The molecule has 3 aromatic rings. The molecule has 19 heavy (non-hydrogen) atoms. The Balaban J connectivity index is 1.93. The molecule has 0 aliphatic heterocycles. The molecular weight excluding hydrogens is 302 g/mol. The van der Waals surface area contributed by atoms with E-state index in [0.29, 0.717) is 6.54 Å². The van der Waals surface area contributed by atoms with Crippen LogP contribution in [0.15, 0.2) is 57.6 Å². The second-order valence-corrected chi connectivity index (χ2v) is 5.38. The van der Waals surface area contributed by atoms with E-state index < -0.39 is 0 Å². The van der Waals surface area contributed by atoms with Gasteiger partial charge >= 0.3 is 0 Å². The zero-order valence-electron chi connectivity index (χ0n) is 10.6. The standard InChI is InChI=1S/C16H14BrNO/c1-11-8-9-19-16(11)10-18-15-7-6-14(17)12-4-2-3-5-13(12)15/h2-9,18H,10H2,1H3. The first-order valence-electron chi connectivity index (χ1n) is 6.20. The number of rotatable bonds is 3. The number of furan rings is 1. The highest BCUT2D eigenvalue weighted by Gasteiger charge is 2.05. The number of anilines is 1. The van der Waals surface area contributed by atoms with E-state index in [4.69, 9.17) is 4.42 Å². The van der Waals surface area contributed by atoms with Crippen LogP contribution >= 0.6 is 15.9 Å². The van der Waals surface area contributed by atoms with Crippen LogP contribution in [0.1, 0.15) is 11.3 Å². The molecule has 0 atom stereocenters. The Morgan fingerprint density at radius 3 is 2.58 bits per heavy atom. The van der Waals surface area contributed by atoms with Crippen LogP contribution in [-0.2, 0) is 6.54 Å². The lowest BCUT2D eigenvalue weighted by atomic mass is 10.1. The predicted octanol–water partition coefficient (Wildman–Crippen LogP) is 5.12. The van der Waals surface area contributed by atoms with Crippen molar-refractivity contribution < 1.29 is 4.42 Å². The van der Waals surface area contributed by atoms with Crippen molar-refractivity contribution in [1.82, 2.24) is 0 Å². The molecule has 3 heteroatoms. The minimum atomic E-state index is 0.699. The first-order valence-corrected chi connectivity index (χ1v) is 6.99. The molecule has 2 nitrogen and oxygen atoms in total. The lowest BCUT2D eigenvalue weighted by Gasteiger charge is -2.10. The van der Waals surface area contributed by atoms with E-state index in [1.165, 1.54) is 16.3 Å². The molecule has 0 spiro atoms. The Bertz CT molecular complexity index is 718. The van der Waals surface area contributed by atoms with Gasteiger partial charge in [-0.2, -0.15) is 0 Å². The van der Waals surface area contributed by atoms with Crippen LogP contribution in [-0.4, -0.2) is 0 Å². The second-order valence-electron chi connectivity index (χ2n) is 4.52. The maximum absolute atomic E-state index is 5.45. The molecule has 1 aromatic heterocycles. The summed E-state index contributed by atoms with van der Waals surface area (Å²) in [6, 6.07) is 14.5. The van der Waals surface area contributed by atoms with Gasteiger partial charge in [-0.3, -0.25) is 0 Å². The molecule has 0 bridgehead atoms. The summed E-state index contributed by atoms with van der Waals surface area (Å²) in [6.07, 6.45) is 1.73. The maximum atomic E-state index is 5.45. The van der Waals surface area contributed by atoms with E-state index in [-0.39, 0.29) is 0 Å². The summed E-state index contributed by atoms with van der Waals surface area (Å²) in [5.74, 6) is 0.979. The van der Waals surface area contributed by atoms with Crippen LogP contribution in [0.5, 0.6) is 0 Å². The van der Waals surface area contributed by atoms with Gasteiger partial charge in [-0.1, -0.05) is 40.2 Å². The molecule has 0 amide bonds. The van der Waals surface area contributed by atoms with Crippen LogP contribution in [0.3, 0.4) is 0 Å². The Labute approximate surface area is 120 Å². The fourth-order valence-corrected chi connectivity index (χ4v) is 2.66. The average molecular weight is 316 g/mol. The molecule has 3 rings (SSSR count). The van der Waals surface area contributed by atoms with Gasteiger partial charge in [0.05, 0.1) is 12.8 Å². The van der Waals surface area contributed by atoms with Gasteiger partial charge in [-0.15, -0.1) is 0 Å². The topological polar surface area (TPSA) is 25.2 Å². The molecule has 0 fully saturated rings. The minimum Gasteiger partial charge on any atom is -0.467 e. The summed E-state index contributed by atoms with van der Waals surface area (Å²) in [7, 11) is 0. The number of hydrogen-bond acceptors (Lipinski definition) is 2. The van der Waals surface area contributed by atoms with Gasteiger partial charge in [0.25, 0.3) is 0 Å². The van der Waals surface area contributed by atoms with Crippen LogP contribution in [0.25, 0.3) is 10.8 Å². The van der Waals surface area contributed by atoms with Gasteiger partial charge < -0.3 is 9.73 Å². The molecule has 96 valence electrons. The number of fused-ring (bicyclic) bond motifs is 1. The maximum Gasteiger partial charge on any atom is 0.125 e. The largest absolute Gasteiger partial charge is 0.467 e. The van der Waals surface area contributed by atoms with Crippen LogP contribution < -0.4 is 5.32 Å². The van der Waals surface area contributed by atoms with Gasteiger partial charge in [-0.05, 0) is 36.1 Å². The SMILES string of the molecule is Cc1ccoc1CNc1ccc(Br)c2ccccc12. The highest BCUT2D eigenvalue weighted by molar-refractivity contribution is 9.10. The third-order valence-corrected chi connectivity index (χ3v) is 3.97. The zero-order valence-corrected chi connectivity index (χ0v) is 12.2. The van der Waals surface area contributed by atoms with Crippen molar-refractivity contribution in [3.63, 3.8) is 0 Å². The van der Waals surface area contributed by atoms with Crippen LogP contribution in [0, 0.1) is 6.92 Å². The number of hydrogen-bond donors (Lipinski definition) is 1. The molecule has 0 radical (unpaired) electrons. The van der Waals surface area contributed by atoms with Gasteiger partial charge in [0.1, 0.15) is 5.76 Å². The Morgan fingerprint density at radius 2 is 1.84 bits per heavy atom. The van der Waals surface area contributed by atoms with Gasteiger partial charge in [0.2, 0.25) is 0 Å². The molecule has 2 aromatic carbocycles. The molecule has 0 saturated heterocycles. The summed E-state index contributed by atoms with van der Waals surface area (Å²) >= 11 is 3.59. The number of halogens is 1. The lowest BCUT2D eigenvalue weighted by Crippen LogP contribution is -2.00. The molecule has 1 heterocycles. The highest BCUT2D eigenvalue weighted by Crippen LogP contribution is 2.30. The van der Waals surface area contributed by atoms with E-state index >= 15 is 0 Å². The van der Waals surface area contributed by atoms with E-state index in [2.05, 4.69) is 58.5 Å². The lowest BCUT2D eigenvalue weighted by molar-refractivity contribution is 0.515. The first kappa shape index (κ1) is 12.3.